The number of ether oxygens (including phenoxy) is 4. The Hall–Kier alpha value is -2.44. The van der Waals surface area contributed by atoms with Gasteiger partial charge in [0.25, 0.3) is 0 Å². The Morgan fingerprint density at radius 3 is 1.96 bits per heavy atom. The van der Waals surface area contributed by atoms with E-state index in [2.05, 4.69) is 5.32 Å². The Balaban J connectivity index is 3.03. The predicted octanol–water partition coefficient (Wildman–Crippen LogP) is 3.48. The molecule has 0 aliphatic rings. The third kappa shape index (κ3) is 8.19. The van der Waals surface area contributed by atoms with Crippen LogP contribution in [0.2, 0.25) is 0 Å². The minimum atomic E-state index is -0.905. The third-order valence-corrected chi connectivity index (χ3v) is 3.27. The molecule has 1 aromatic rings. The van der Waals surface area contributed by atoms with Gasteiger partial charge in [-0.3, -0.25) is 0 Å². The lowest BCUT2D eigenvalue weighted by Crippen LogP contribution is -2.47. The maximum Gasteiger partial charge on any atom is 0.408 e. The second kappa shape index (κ2) is 8.97. The van der Waals surface area contributed by atoms with Crippen LogP contribution < -0.4 is 14.8 Å². The maximum atomic E-state index is 12.6. The van der Waals surface area contributed by atoms with E-state index in [9.17, 15) is 9.59 Å². The van der Waals surface area contributed by atoms with E-state index in [1.54, 1.807) is 66.9 Å². The molecular formula is C20H31NO6. The van der Waals surface area contributed by atoms with Gasteiger partial charge >= 0.3 is 12.1 Å². The summed E-state index contributed by atoms with van der Waals surface area (Å²) < 4.78 is 21.2. The number of benzene rings is 1. The highest BCUT2D eigenvalue weighted by Crippen LogP contribution is 2.28. The van der Waals surface area contributed by atoms with Gasteiger partial charge in [0.15, 0.2) is 11.5 Å². The summed E-state index contributed by atoms with van der Waals surface area (Å²) in [6.07, 6.45) is -0.465. The van der Waals surface area contributed by atoms with Crippen molar-refractivity contribution in [2.24, 2.45) is 0 Å². The van der Waals surface area contributed by atoms with E-state index in [4.69, 9.17) is 18.9 Å². The van der Waals surface area contributed by atoms with Gasteiger partial charge in [-0.15, -0.1) is 0 Å². The first kappa shape index (κ1) is 22.6. The average molecular weight is 381 g/mol. The Labute approximate surface area is 161 Å². The average Bonchev–Trinajstić information content (AvgIpc) is 2.50. The molecule has 1 aromatic carbocycles. The molecule has 0 saturated heterocycles. The first-order valence-electron chi connectivity index (χ1n) is 8.78. The van der Waals surface area contributed by atoms with Crippen molar-refractivity contribution in [3.63, 3.8) is 0 Å². The Morgan fingerprint density at radius 2 is 1.48 bits per heavy atom. The van der Waals surface area contributed by atoms with Crippen LogP contribution in [0.15, 0.2) is 18.2 Å². The van der Waals surface area contributed by atoms with E-state index >= 15 is 0 Å². The summed E-state index contributed by atoms with van der Waals surface area (Å²) in [7, 11) is 3.08. The van der Waals surface area contributed by atoms with Crippen LogP contribution in [0, 0.1) is 0 Å². The van der Waals surface area contributed by atoms with Crippen molar-refractivity contribution < 1.29 is 28.5 Å². The standard InChI is InChI=1S/C20H31NO6/c1-19(2,3)26-17(22)14(21-18(23)27-20(4,5)6)11-13-9-10-15(24-7)16(12-13)25-8/h9-10,12,14H,11H2,1-8H3,(H,21,23). The van der Waals surface area contributed by atoms with Crippen molar-refractivity contribution in [1.29, 1.82) is 0 Å². The number of amides is 1. The molecule has 1 N–H and O–H groups in total. The summed E-state index contributed by atoms with van der Waals surface area (Å²) in [4.78, 5) is 24.8. The van der Waals surface area contributed by atoms with Crippen LogP contribution in [0.25, 0.3) is 0 Å². The predicted molar refractivity (Wildman–Crippen MR) is 102 cm³/mol. The molecule has 1 unspecified atom stereocenters. The van der Waals surface area contributed by atoms with E-state index in [-0.39, 0.29) is 6.42 Å². The van der Waals surface area contributed by atoms with Gasteiger partial charge in [-0.1, -0.05) is 6.07 Å². The van der Waals surface area contributed by atoms with Crippen molar-refractivity contribution in [3.05, 3.63) is 23.8 Å². The zero-order valence-corrected chi connectivity index (χ0v) is 17.5. The van der Waals surface area contributed by atoms with E-state index < -0.39 is 29.3 Å². The number of rotatable bonds is 6. The van der Waals surface area contributed by atoms with Crippen LogP contribution in [-0.4, -0.2) is 43.5 Å². The monoisotopic (exact) mass is 381 g/mol. The number of hydrogen-bond donors (Lipinski definition) is 1. The number of nitrogens with one attached hydrogen (secondary N) is 1. The highest BCUT2D eigenvalue weighted by molar-refractivity contribution is 5.82. The van der Waals surface area contributed by atoms with Crippen molar-refractivity contribution >= 4 is 12.1 Å². The third-order valence-electron chi connectivity index (χ3n) is 3.27. The molecule has 0 aromatic heterocycles. The second-order valence-corrected chi connectivity index (χ2v) is 8.13. The quantitative estimate of drug-likeness (QED) is 0.760. The molecule has 7 nitrogen and oxygen atoms in total. The fourth-order valence-corrected chi connectivity index (χ4v) is 2.26. The molecular weight excluding hydrogens is 350 g/mol. The summed E-state index contributed by atoms with van der Waals surface area (Å²) in [5, 5.41) is 2.60. The molecule has 0 heterocycles. The van der Waals surface area contributed by atoms with Crippen LogP contribution in [0.1, 0.15) is 47.1 Å². The molecule has 0 radical (unpaired) electrons. The van der Waals surface area contributed by atoms with Crippen LogP contribution >= 0.6 is 0 Å². The lowest BCUT2D eigenvalue weighted by molar-refractivity contribution is -0.157. The summed E-state index contributed by atoms with van der Waals surface area (Å²) in [5.74, 6) is 0.577. The van der Waals surface area contributed by atoms with Gasteiger partial charge in [0, 0.05) is 6.42 Å². The zero-order chi connectivity index (χ0) is 20.8. The lowest BCUT2D eigenvalue weighted by Gasteiger charge is -2.26. The Kier molecular flexibility index (Phi) is 7.51. The first-order chi connectivity index (χ1) is 12.3. The molecule has 0 aliphatic carbocycles. The molecule has 0 aliphatic heterocycles. The maximum absolute atomic E-state index is 12.6. The highest BCUT2D eigenvalue weighted by Gasteiger charge is 2.29. The van der Waals surface area contributed by atoms with Gasteiger partial charge in [0.1, 0.15) is 17.2 Å². The molecule has 7 heteroatoms. The Morgan fingerprint density at radius 1 is 0.926 bits per heavy atom. The fraction of sp³-hybridized carbons (Fsp3) is 0.600. The summed E-state index contributed by atoms with van der Waals surface area (Å²) in [5.41, 5.74) is -0.575. The van der Waals surface area contributed by atoms with E-state index in [0.29, 0.717) is 11.5 Å². The molecule has 0 bridgehead atoms. The number of hydrogen-bond acceptors (Lipinski definition) is 6. The van der Waals surface area contributed by atoms with Crippen LogP contribution in [0.5, 0.6) is 11.5 Å². The lowest BCUT2D eigenvalue weighted by atomic mass is 10.0. The summed E-state index contributed by atoms with van der Waals surface area (Å²) >= 11 is 0. The fourth-order valence-electron chi connectivity index (χ4n) is 2.26. The zero-order valence-electron chi connectivity index (χ0n) is 17.5. The van der Waals surface area contributed by atoms with Crippen LogP contribution in [-0.2, 0) is 20.7 Å². The molecule has 0 spiro atoms. The number of carbonyl (C=O) groups excluding carboxylic acids is 2. The summed E-state index contributed by atoms with van der Waals surface area (Å²) in [6.45, 7) is 10.6. The number of methoxy groups -OCH3 is 2. The van der Waals surface area contributed by atoms with Gasteiger partial charge < -0.3 is 24.3 Å². The van der Waals surface area contributed by atoms with Gasteiger partial charge in [-0.05, 0) is 59.2 Å². The molecule has 27 heavy (non-hydrogen) atoms. The van der Waals surface area contributed by atoms with Gasteiger partial charge in [0.2, 0.25) is 0 Å². The van der Waals surface area contributed by atoms with Crippen molar-refractivity contribution in [2.75, 3.05) is 14.2 Å². The topological polar surface area (TPSA) is 83.1 Å². The highest BCUT2D eigenvalue weighted by atomic mass is 16.6. The van der Waals surface area contributed by atoms with Gasteiger partial charge in [-0.2, -0.15) is 0 Å². The molecule has 0 saturated carbocycles. The molecule has 152 valence electrons. The smallest absolute Gasteiger partial charge is 0.408 e. The number of alkyl carbamates (subject to hydrolysis) is 1. The van der Waals surface area contributed by atoms with E-state index in [1.807, 2.05) is 0 Å². The van der Waals surface area contributed by atoms with E-state index in [1.165, 1.54) is 7.11 Å². The molecule has 1 atom stereocenters. The van der Waals surface area contributed by atoms with Crippen LogP contribution in [0.4, 0.5) is 4.79 Å². The van der Waals surface area contributed by atoms with Gasteiger partial charge in [-0.25, -0.2) is 9.59 Å². The normalized spacial score (nSPS) is 12.7. The summed E-state index contributed by atoms with van der Waals surface area (Å²) in [6, 6.07) is 4.40. The molecule has 1 rings (SSSR count). The Bertz CT molecular complexity index is 657. The largest absolute Gasteiger partial charge is 0.493 e. The minimum absolute atomic E-state index is 0.217. The molecule has 0 fully saturated rings. The van der Waals surface area contributed by atoms with Crippen LogP contribution in [0.3, 0.4) is 0 Å². The van der Waals surface area contributed by atoms with Crippen molar-refractivity contribution in [1.82, 2.24) is 5.32 Å². The molecule has 1 amide bonds. The second-order valence-electron chi connectivity index (χ2n) is 8.13. The number of carbonyl (C=O) groups is 2. The SMILES string of the molecule is COc1ccc(CC(NC(=O)OC(C)(C)C)C(=O)OC(C)(C)C)cc1OC. The van der Waals surface area contributed by atoms with Gasteiger partial charge in [0.05, 0.1) is 14.2 Å². The van der Waals surface area contributed by atoms with E-state index in [0.717, 1.165) is 5.56 Å². The minimum Gasteiger partial charge on any atom is -0.493 e. The first-order valence-corrected chi connectivity index (χ1v) is 8.78. The van der Waals surface area contributed by atoms with Crippen molar-refractivity contribution in [3.8, 4) is 11.5 Å². The number of esters is 1. The van der Waals surface area contributed by atoms with Crippen molar-refractivity contribution in [2.45, 2.75) is 65.2 Å².